The molecule has 4 N–H and O–H groups in total. The van der Waals surface area contributed by atoms with Gasteiger partial charge in [-0.15, -0.1) is 0 Å². The van der Waals surface area contributed by atoms with E-state index in [-0.39, 0.29) is 17.9 Å². The summed E-state index contributed by atoms with van der Waals surface area (Å²) in [5.41, 5.74) is 8.40. The minimum absolute atomic E-state index is 0.00526. The second-order valence-corrected chi connectivity index (χ2v) is 15.2. The average molecular weight is 656 g/mol. The third-order valence-corrected chi connectivity index (χ3v) is 11.3. The molecular weight excluding hydrogens is 613 g/mol. The number of hydrogen-bond donors (Lipinski definition) is 3. The molecule has 2 amide bonds. The third kappa shape index (κ3) is 6.86. The fraction of sp³-hybridized carbons (Fsp3) is 0.515. The first-order chi connectivity index (χ1) is 21.9. The van der Waals surface area contributed by atoms with Crippen molar-refractivity contribution in [1.82, 2.24) is 14.2 Å². The molecule has 0 unspecified atom stereocenters. The summed E-state index contributed by atoms with van der Waals surface area (Å²) in [6.45, 7) is 8.23. The maximum atomic E-state index is 14.4. The number of fused-ring (bicyclic) bond motifs is 3. The van der Waals surface area contributed by atoms with Gasteiger partial charge in [-0.1, -0.05) is 19.9 Å². The number of nitrogens with zero attached hydrogens (tertiary/aromatic N) is 2. The highest BCUT2D eigenvalue weighted by Gasteiger charge is 2.39. The topological polar surface area (TPSA) is 145 Å². The van der Waals surface area contributed by atoms with E-state index in [9.17, 15) is 22.4 Å². The Hall–Kier alpha value is -3.68. The molecule has 2 aliphatic heterocycles. The van der Waals surface area contributed by atoms with Gasteiger partial charge < -0.3 is 25.8 Å². The number of primary amides is 1. The van der Waals surface area contributed by atoms with Crippen LogP contribution in [-0.2, 0) is 25.9 Å². The van der Waals surface area contributed by atoms with E-state index in [1.54, 1.807) is 18.2 Å². The van der Waals surface area contributed by atoms with Gasteiger partial charge in [0.1, 0.15) is 11.9 Å². The van der Waals surface area contributed by atoms with Gasteiger partial charge in [-0.2, -0.15) is 0 Å². The molecular formula is C33H42FN5O6S. The SMILES string of the molecule is CC1(C)Cc2c(-c3ccc(C(N)=O)c(NC4CCC(OC(=O)NCCN5CCOCC5)CC4)c3)c3ccc(F)cc3n2S(=O)(=O)C1. The van der Waals surface area contributed by atoms with Gasteiger partial charge in [0.05, 0.1) is 30.0 Å². The van der Waals surface area contributed by atoms with Crippen LogP contribution in [-0.4, -0.2) is 86.6 Å². The van der Waals surface area contributed by atoms with Crippen LogP contribution in [0.25, 0.3) is 22.0 Å². The zero-order valence-corrected chi connectivity index (χ0v) is 27.1. The second kappa shape index (κ2) is 12.8. The van der Waals surface area contributed by atoms with Crippen LogP contribution in [0.15, 0.2) is 36.4 Å². The maximum Gasteiger partial charge on any atom is 0.407 e. The standard InChI is InChI=1S/C33H42FN5O6S/c1-33(2)19-29-30(26-10-4-22(34)18-28(26)39(29)46(42,43)20-33)21-3-9-25(31(35)40)27(17-21)37-23-5-7-24(8-6-23)45-32(41)36-11-12-38-13-15-44-16-14-38/h3-4,9-10,17-18,23-24,37H,5-8,11-16,19-20H2,1-2H3,(H2,35,40)(H,36,41). The van der Waals surface area contributed by atoms with Crippen molar-refractivity contribution in [1.29, 1.82) is 0 Å². The molecule has 2 fully saturated rings. The van der Waals surface area contributed by atoms with Crippen molar-refractivity contribution in [2.24, 2.45) is 11.1 Å². The predicted molar refractivity (Wildman–Crippen MR) is 174 cm³/mol. The smallest absolute Gasteiger partial charge is 0.407 e. The lowest BCUT2D eigenvalue weighted by molar-refractivity contribution is 0.0372. The summed E-state index contributed by atoms with van der Waals surface area (Å²) in [5, 5.41) is 6.96. The predicted octanol–water partition coefficient (Wildman–Crippen LogP) is 4.09. The monoisotopic (exact) mass is 655 g/mol. The van der Waals surface area contributed by atoms with Crippen LogP contribution in [0.5, 0.6) is 0 Å². The number of aromatic nitrogens is 1. The van der Waals surface area contributed by atoms with Crippen LogP contribution < -0.4 is 16.4 Å². The van der Waals surface area contributed by atoms with E-state index in [2.05, 4.69) is 15.5 Å². The van der Waals surface area contributed by atoms with Crippen molar-refractivity contribution >= 4 is 38.6 Å². The molecule has 0 radical (unpaired) electrons. The lowest BCUT2D eigenvalue weighted by atomic mass is 9.87. The second-order valence-electron chi connectivity index (χ2n) is 13.4. The number of carbonyl (C=O) groups excluding carboxylic acids is 2. The Kier molecular flexibility index (Phi) is 9.01. The lowest BCUT2D eigenvalue weighted by Crippen LogP contribution is -2.42. The molecule has 3 aliphatic rings. The highest BCUT2D eigenvalue weighted by atomic mass is 32.2. The molecule has 1 saturated carbocycles. The number of nitrogens with one attached hydrogen (secondary N) is 2. The molecule has 1 aliphatic carbocycles. The molecule has 3 heterocycles. The zero-order chi connectivity index (χ0) is 32.6. The molecule has 11 nitrogen and oxygen atoms in total. The summed E-state index contributed by atoms with van der Waals surface area (Å²) >= 11 is 0. The Bertz CT molecular complexity index is 1740. The minimum Gasteiger partial charge on any atom is -0.446 e. The van der Waals surface area contributed by atoms with Crippen LogP contribution in [0.2, 0.25) is 0 Å². The summed E-state index contributed by atoms with van der Waals surface area (Å²) in [5.74, 6) is -1.16. The largest absolute Gasteiger partial charge is 0.446 e. The first kappa shape index (κ1) is 32.3. The Balaban J connectivity index is 1.18. The molecule has 1 aromatic heterocycles. The van der Waals surface area contributed by atoms with Crippen LogP contribution in [0.4, 0.5) is 14.9 Å². The van der Waals surface area contributed by atoms with Gasteiger partial charge in [-0.3, -0.25) is 9.69 Å². The molecule has 248 valence electrons. The van der Waals surface area contributed by atoms with Gasteiger partial charge in [0.2, 0.25) is 10.0 Å². The van der Waals surface area contributed by atoms with E-state index < -0.39 is 33.3 Å². The molecule has 6 rings (SSSR count). The summed E-state index contributed by atoms with van der Waals surface area (Å²) in [4.78, 5) is 27.1. The fourth-order valence-electron chi connectivity index (χ4n) is 7.06. The number of morpholine rings is 1. The number of benzene rings is 2. The molecule has 3 aromatic rings. The van der Waals surface area contributed by atoms with Gasteiger partial charge in [0.15, 0.2) is 0 Å². The quantitative estimate of drug-likeness (QED) is 0.329. The van der Waals surface area contributed by atoms with Gasteiger partial charge in [0.25, 0.3) is 5.91 Å². The molecule has 2 aromatic carbocycles. The Morgan fingerprint density at radius 3 is 2.54 bits per heavy atom. The summed E-state index contributed by atoms with van der Waals surface area (Å²) in [6, 6.07) is 9.46. The average Bonchev–Trinajstić information content (AvgIpc) is 3.31. The Morgan fingerprint density at radius 1 is 1.09 bits per heavy atom. The van der Waals surface area contributed by atoms with E-state index in [4.69, 9.17) is 15.2 Å². The number of alkyl carbamates (subject to hydrolysis) is 1. The van der Waals surface area contributed by atoms with Crippen molar-refractivity contribution in [3.05, 3.63) is 53.5 Å². The summed E-state index contributed by atoms with van der Waals surface area (Å²) in [7, 11) is -3.75. The molecule has 0 atom stereocenters. The number of nitrogens with two attached hydrogens (primary N) is 1. The fourth-order valence-corrected chi connectivity index (χ4v) is 9.22. The van der Waals surface area contributed by atoms with Gasteiger partial charge >= 0.3 is 6.09 Å². The molecule has 1 saturated heterocycles. The van der Waals surface area contributed by atoms with Crippen molar-refractivity contribution < 1.29 is 31.9 Å². The highest BCUT2D eigenvalue weighted by Crippen LogP contribution is 2.44. The minimum atomic E-state index is -3.75. The van der Waals surface area contributed by atoms with Gasteiger partial charge in [0, 0.05) is 54.6 Å². The number of halogens is 1. The van der Waals surface area contributed by atoms with Crippen molar-refractivity contribution in [3.63, 3.8) is 0 Å². The molecule has 0 spiro atoms. The molecule has 0 bridgehead atoms. The first-order valence-electron chi connectivity index (χ1n) is 15.9. The lowest BCUT2D eigenvalue weighted by Gasteiger charge is -2.32. The number of anilines is 1. The van der Waals surface area contributed by atoms with Gasteiger partial charge in [-0.05, 0) is 73.4 Å². The van der Waals surface area contributed by atoms with E-state index in [0.717, 1.165) is 19.6 Å². The normalized spacial score (nSPS) is 22.6. The summed E-state index contributed by atoms with van der Waals surface area (Å²) in [6.07, 6.45) is 2.61. The third-order valence-electron chi connectivity index (χ3n) is 9.16. The van der Waals surface area contributed by atoms with E-state index >= 15 is 0 Å². The summed E-state index contributed by atoms with van der Waals surface area (Å²) < 4.78 is 53.7. The first-order valence-corrected chi connectivity index (χ1v) is 17.5. The number of rotatable bonds is 8. The van der Waals surface area contributed by atoms with Crippen LogP contribution in [0, 0.1) is 11.2 Å². The van der Waals surface area contributed by atoms with Crippen LogP contribution in [0.3, 0.4) is 0 Å². The number of hydrogen-bond acceptors (Lipinski definition) is 8. The van der Waals surface area contributed by atoms with Gasteiger partial charge in [-0.25, -0.2) is 21.6 Å². The number of amides is 2. The zero-order valence-electron chi connectivity index (χ0n) is 26.3. The number of ether oxygens (including phenoxy) is 2. The van der Waals surface area contributed by atoms with Crippen molar-refractivity contribution in [3.8, 4) is 11.1 Å². The molecule has 46 heavy (non-hydrogen) atoms. The molecule has 13 heteroatoms. The van der Waals surface area contributed by atoms with Crippen molar-refractivity contribution in [2.45, 2.75) is 58.1 Å². The van der Waals surface area contributed by atoms with Crippen LogP contribution >= 0.6 is 0 Å². The van der Waals surface area contributed by atoms with Crippen LogP contribution in [0.1, 0.15) is 55.6 Å². The van der Waals surface area contributed by atoms with E-state index in [1.165, 1.54) is 16.1 Å². The van der Waals surface area contributed by atoms with E-state index in [1.807, 2.05) is 19.9 Å². The maximum absolute atomic E-state index is 14.4. The Morgan fingerprint density at radius 2 is 1.83 bits per heavy atom. The number of carbonyl (C=O) groups is 2. The van der Waals surface area contributed by atoms with E-state index in [0.29, 0.717) is 90.8 Å². The highest BCUT2D eigenvalue weighted by molar-refractivity contribution is 7.90. The Labute approximate surface area is 268 Å². The van der Waals surface area contributed by atoms with Crippen molar-refractivity contribution in [2.75, 3.05) is 50.5 Å².